The van der Waals surface area contributed by atoms with E-state index in [2.05, 4.69) is 20.5 Å². The molecule has 25 heavy (non-hydrogen) atoms. The zero-order valence-electron chi connectivity index (χ0n) is 13.9. The molecule has 0 unspecified atom stereocenters. The minimum atomic E-state index is -2.64. The summed E-state index contributed by atoms with van der Waals surface area (Å²) in [6, 6.07) is 0.391. The summed E-state index contributed by atoms with van der Waals surface area (Å²) < 4.78 is 35.7. The van der Waals surface area contributed by atoms with E-state index in [4.69, 9.17) is 4.74 Å². The SMILES string of the molecule is CNC1CC(Oc2nc(-c3cnn(C)c3)cn3ncc(C(F)F)c23)C1. The summed E-state index contributed by atoms with van der Waals surface area (Å²) in [5, 5.41) is 11.3. The van der Waals surface area contributed by atoms with Crippen LogP contribution >= 0.6 is 0 Å². The lowest BCUT2D eigenvalue weighted by Crippen LogP contribution is -2.45. The first-order chi connectivity index (χ1) is 12.0. The van der Waals surface area contributed by atoms with Gasteiger partial charge in [0.15, 0.2) is 0 Å². The molecule has 0 saturated heterocycles. The first-order valence-electron chi connectivity index (χ1n) is 8.04. The van der Waals surface area contributed by atoms with Crippen molar-refractivity contribution in [1.82, 2.24) is 29.7 Å². The highest BCUT2D eigenvalue weighted by atomic mass is 19.3. The van der Waals surface area contributed by atoms with Gasteiger partial charge < -0.3 is 10.1 Å². The predicted molar refractivity (Wildman–Crippen MR) is 86.6 cm³/mol. The van der Waals surface area contributed by atoms with Crippen LogP contribution in [0.3, 0.4) is 0 Å². The van der Waals surface area contributed by atoms with Gasteiger partial charge in [-0.05, 0) is 19.9 Å². The van der Waals surface area contributed by atoms with E-state index in [0.717, 1.165) is 18.4 Å². The zero-order chi connectivity index (χ0) is 17.6. The maximum Gasteiger partial charge on any atom is 0.267 e. The number of fused-ring (bicyclic) bond motifs is 1. The summed E-state index contributed by atoms with van der Waals surface area (Å²) in [5.74, 6) is 0.189. The van der Waals surface area contributed by atoms with Crippen molar-refractivity contribution in [2.45, 2.75) is 31.4 Å². The normalized spacial score (nSPS) is 20.2. The van der Waals surface area contributed by atoms with Gasteiger partial charge in [0, 0.05) is 24.8 Å². The highest BCUT2D eigenvalue weighted by Crippen LogP contribution is 2.34. The fraction of sp³-hybridized carbons (Fsp3) is 0.438. The molecule has 1 aliphatic carbocycles. The molecule has 0 spiro atoms. The molecular formula is C16H18F2N6O. The lowest BCUT2D eigenvalue weighted by molar-refractivity contribution is 0.0847. The Balaban J connectivity index is 1.77. The maximum atomic E-state index is 13.3. The summed E-state index contributed by atoms with van der Waals surface area (Å²) in [4.78, 5) is 4.48. The minimum Gasteiger partial charge on any atom is -0.473 e. The van der Waals surface area contributed by atoms with Crippen LogP contribution in [0.2, 0.25) is 0 Å². The number of hydrogen-bond donors (Lipinski definition) is 1. The van der Waals surface area contributed by atoms with Crippen LogP contribution in [0.15, 0.2) is 24.8 Å². The number of nitrogens with zero attached hydrogens (tertiary/aromatic N) is 5. The number of ether oxygens (including phenoxy) is 1. The van der Waals surface area contributed by atoms with Gasteiger partial charge in [-0.25, -0.2) is 18.3 Å². The minimum absolute atomic E-state index is 0.0432. The number of nitrogens with one attached hydrogen (secondary N) is 1. The number of halogens is 2. The molecule has 9 heteroatoms. The van der Waals surface area contributed by atoms with Crippen molar-refractivity contribution in [1.29, 1.82) is 0 Å². The Kier molecular flexibility index (Phi) is 3.87. The van der Waals surface area contributed by atoms with Crippen LogP contribution in [-0.2, 0) is 7.05 Å². The van der Waals surface area contributed by atoms with E-state index in [1.165, 1.54) is 10.7 Å². The predicted octanol–water partition coefficient (Wildman–Crippen LogP) is 2.20. The van der Waals surface area contributed by atoms with Gasteiger partial charge in [0.05, 0.1) is 29.8 Å². The molecule has 1 saturated carbocycles. The summed E-state index contributed by atoms with van der Waals surface area (Å²) in [6.07, 6.45) is 5.20. The summed E-state index contributed by atoms with van der Waals surface area (Å²) >= 11 is 0. The third-order valence-corrected chi connectivity index (χ3v) is 4.51. The first-order valence-corrected chi connectivity index (χ1v) is 8.04. The first kappa shape index (κ1) is 15.9. The molecule has 1 N–H and O–H groups in total. The van der Waals surface area contributed by atoms with Gasteiger partial charge in [0.2, 0.25) is 5.88 Å². The molecule has 7 nitrogen and oxygen atoms in total. The number of aryl methyl sites for hydroxylation is 1. The molecular weight excluding hydrogens is 330 g/mol. The van der Waals surface area contributed by atoms with E-state index in [9.17, 15) is 8.78 Å². The molecule has 0 atom stereocenters. The number of rotatable bonds is 5. The molecule has 1 fully saturated rings. The Morgan fingerprint density at radius 1 is 1.24 bits per heavy atom. The molecule has 0 radical (unpaired) electrons. The second kappa shape index (κ2) is 6.07. The molecule has 0 amide bonds. The van der Waals surface area contributed by atoms with Crippen molar-refractivity contribution >= 4 is 5.52 Å². The van der Waals surface area contributed by atoms with E-state index < -0.39 is 6.43 Å². The fourth-order valence-corrected chi connectivity index (χ4v) is 2.99. The monoisotopic (exact) mass is 348 g/mol. The average Bonchev–Trinajstić information content (AvgIpc) is 3.16. The van der Waals surface area contributed by atoms with Crippen LogP contribution in [0.1, 0.15) is 24.8 Å². The Labute approximate surface area is 142 Å². The van der Waals surface area contributed by atoms with E-state index in [1.807, 2.05) is 7.05 Å². The van der Waals surface area contributed by atoms with Gasteiger partial charge in [-0.15, -0.1) is 0 Å². The molecule has 0 bridgehead atoms. The molecule has 1 aliphatic rings. The molecule has 0 aromatic carbocycles. The standard InChI is InChI=1S/C16H18F2N6O/c1-19-10-3-11(4-10)25-16-14-12(15(17)18)6-21-24(14)8-13(22-16)9-5-20-23(2)7-9/h5-8,10-11,15,19H,3-4H2,1-2H3. The summed E-state index contributed by atoms with van der Waals surface area (Å²) in [5.41, 5.74) is 1.38. The van der Waals surface area contributed by atoms with Crippen LogP contribution in [0.5, 0.6) is 5.88 Å². The van der Waals surface area contributed by atoms with Crippen molar-refractivity contribution in [3.05, 3.63) is 30.4 Å². The van der Waals surface area contributed by atoms with Crippen molar-refractivity contribution in [3.63, 3.8) is 0 Å². The van der Waals surface area contributed by atoms with Crippen LogP contribution in [-0.4, -0.2) is 43.6 Å². The molecule has 3 aromatic heterocycles. The third-order valence-electron chi connectivity index (χ3n) is 4.51. The fourth-order valence-electron chi connectivity index (χ4n) is 2.99. The van der Waals surface area contributed by atoms with Gasteiger partial charge in [0.25, 0.3) is 6.43 Å². The van der Waals surface area contributed by atoms with E-state index in [0.29, 0.717) is 11.7 Å². The highest BCUT2D eigenvalue weighted by molar-refractivity contribution is 5.67. The second-order valence-corrected chi connectivity index (χ2v) is 6.22. The molecule has 132 valence electrons. The van der Waals surface area contributed by atoms with Crippen molar-refractivity contribution in [2.75, 3.05) is 7.05 Å². The van der Waals surface area contributed by atoms with Gasteiger partial charge in [0.1, 0.15) is 11.6 Å². The lowest BCUT2D eigenvalue weighted by atomic mass is 9.89. The highest BCUT2D eigenvalue weighted by Gasteiger charge is 2.31. The van der Waals surface area contributed by atoms with Crippen molar-refractivity contribution in [3.8, 4) is 17.1 Å². The Morgan fingerprint density at radius 3 is 2.68 bits per heavy atom. The van der Waals surface area contributed by atoms with Crippen LogP contribution in [0.4, 0.5) is 8.78 Å². The number of hydrogen-bond acceptors (Lipinski definition) is 5. The topological polar surface area (TPSA) is 69.3 Å². The lowest BCUT2D eigenvalue weighted by Gasteiger charge is -2.34. The largest absolute Gasteiger partial charge is 0.473 e. The Bertz CT molecular complexity index is 899. The van der Waals surface area contributed by atoms with Crippen molar-refractivity contribution in [2.24, 2.45) is 7.05 Å². The molecule has 0 aliphatic heterocycles. The zero-order valence-corrected chi connectivity index (χ0v) is 13.9. The number of aromatic nitrogens is 5. The molecule has 4 rings (SSSR count). The van der Waals surface area contributed by atoms with Crippen LogP contribution < -0.4 is 10.1 Å². The molecule has 3 aromatic rings. The van der Waals surface area contributed by atoms with Crippen LogP contribution in [0.25, 0.3) is 16.8 Å². The van der Waals surface area contributed by atoms with Crippen molar-refractivity contribution < 1.29 is 13.5 Å². The quantitative estimate of drug-likeness (QED) is 0.765. The smallest absolute Gasteiger partial charge is 0.267 e. The van der Waals surface area contributed by atoms with Gasteiger partial charge in [-0.3, -0.25) is 4.68 Å². The second-order valence-electron chi connectivity index (χ2n) is 6.22. The van der Waals surface area contributed by atoms with Gasteiger partial charge in [-0.1, -0.05) is 0 Å². The Hall–Kier alpha value is -2.55. The van der Waals surface area contributed by atoms with Crippen LogP contribution in [0, 0.1) is 0 Å². The third kappa shape index (κ3) is 2.84. The maximum absolute atomic E-state index is 13.3. The van der Waals surface area contributed by atoms with Gasteiger partial charge >= 0.3 is 0 Å². The van der Waals surface area contributed by atoms with E-state index >= 15 is 0 Å². The molecule has 3 heterocycles. The van der Waals surface area contributed by atoms with E-state index in [1.54, 1.807) is 30.3 Å². The average molecular weight is 348 g/mol. The summed E-state index contributed by atoms with van der Waals surface area (Å²) in [6.45, 7) is 0. The number of alkyl halides is 2. The van der Waals surface area contributed by atoms with Gasteiger partial charge in [-0.2, -0.15) is 10.2 Å². The summed E-state index contributed by atoms with van der Waals surface area (Å²) in [7, 11) is 3.70. The Morgan fingerprint density at radius 2 is 2.04 bits per heavy atom. The van der Waals surface area contributed by atoms with E-state index in [-0.39, 0.29) is 23.1 Å².